The maximum atomic E-state index is 16.4. The van der Waals surface area contributed by atoms with Crippen molar-refractivity contribution in [3.63, 3.8) is 0 Å². The Balaban J connectivity index is 1.35. The SMILES string of the molecule is Cc1cc(N)nc(-c2ncc3c(N4CC5CCC(C4)S5=O)nc(OC[C@@]45CCCN4C[C@H](F)C5)nc3c2F)c1C(F)(F)F. The number of halogens is 5. The van der Waals surface area contributed by atoms with E-state index < -0.39 is 51.5 Å². The highest BCUT2D eigenvalue weighted by atomic mass is 32.2. The van der Waals surface area contributed by atoms with Crippen LogP contribution in [-0.2, 0) is 17.0 Å². The number of aryl methyl sites for hydroxylation is 1. The van der Waals surface area contributed by atoms with Crippen LogP contribution in [0.5, 0.6) is 6.01 Å². The number of anilines is 2. The molecule has 4 aliphatic heterocycles. The normalized spacial score (nSPS) is 29.0. The van der Waals surface area contributed by atoms with Crippen LogP contribution >= 0.6 is 0 Å². The van der Waals surface area contributed by atoms with Crippen LogP contribution in [0.2, 0.25) is 0 Å². The van der Waals surface area contributed by atoms with E-state index in [-0.39, 0.29) is 45.4 Å². The molecule has 0 spiro atoms. The molecule has 2 bridgehead atoms. The van der Waals surface area contributed by atoms with Gasteiger partial charge in [0.2, 0.25) is 0 Å². The molecular weight excluding hydrogens is 593 g/mol. The molecule has 230 valence electrons. The molecule has 0 amide bonds. The van der Waals surface area contributed by atoms with Crippen molar-refractivity contribution in [2.75, 3.05) is 43.4 Å². The Labute approximate surface area is 246 Å². The van der Waals surface area contributed by atoms with Crippen LogP contribution in [0, 0.1) is 12.7 Å². The molecule has 0 radical (unpaired) electrons. The van der Waals surface area contributed by atoms with E-state index in [1.807, 2.05) is 4.90 Å². The average Bonchev–Trinajstić information content (AvgIpc) is 3.51. The molecule has 7 rings (SSSR count). The lowest BCUT2D eigenvalue weighted by atomic mass is 9.95. The van der Waals surface area contributed by atoms with Crippen LogP contribution < -0.4 is 15.4 Å². The van der Waals surface area contributed by atoms with Crippen molar-refractivity contribution < 1.29 is 30.9 Å². The fraction of sp³-hybridized carbons (Fsp3) is 0.571. The van der Waals surface area contributed by atoms with Crippen LogP contribution in [0.3, 0.4) is 0 Å². The number of nitrogens with zero attached hydrogens (tertiary/aromatic N) is 6. The van der Waals surface area contributed by atoms with Crippen molar-refractivity contribution in [3.8, 4) is 17.4 Å². The molecule has 0 aliphatic carbocycles. The van der Waals surface area contributed by atoms with Crippen molar-refractivity contribution >= 4 is 33.3 Å². The third-order valence-electron chi connectivity index (χ3n) is 9.23. The number of nitrogens with two attached hydrogens (primary N) is 1. The predicted octanol–water partition coefficient (Wildman–Crippen LogP) is 4.19. The van der Waals surface area contributed by atoms with E-state index >= 15 is 4.39 Å². The summed E-state index contributed by atoms with van der Waals surface area (Å²) in [5.41, 5.74) is 2.22. The molecule has 7 heterocycles. The molecule has 3 aromatic heterocycles. The molecule has 4 atom stereocenters. The van der Waals surface area contributed by atoms with Gasteiger partial charge in [0, 0.05) is 43.1 Å². The van der Waals surface area contributed by atoms with Gasteiger partial charge in [0.1, 0.15) is 41.3 Å². The number of fused-ring (bicyclic) bond motifs is 4. The maximum Gasteiger partial charge on any atom is 0.418 e. The third kappa shape index (κ3) is 4.78. The summed E-state index contributed by atoms with van der Waals surface area (Å²) in [6.45, 7) is 3.20. The molecule has 0 saturated carbocycles. The Morgan fingerprint density at radius 1 is 1.14 bits per heavy atom. The summed E-state index contributed by atoms with van der Waals surface area (Å²) < 4.78 is 91.8. The average molecular weight is 624 g/mol. The molecule has 4 fully saturated rings. The third-order valence-corrected chi connectivity index (χ3v) is 11.3. The molecule has 2 N–H and O–H groups in total. The lowest BCUT2D eigenvalue weighted by Gasteiger charge is -2.33. The highest BCUT2D eigenvalue weighted by molar-refractivity contribution is 7.86. The van der Waals surface area contributed by atoms with E-state index in [0.29, 0.717) is 31.9 Å². The van der Waals surface area contributed by atoms with Crippen molar-refractivity contribution in [1.82, 2.24) is 24.8 Å². The summed E-state index contributed by atoms with van der Waals surface area (Å²) in [4.78, 5) is 20.8. The van der Waals surface area contributed by atoms with Gasteiger partial charge >= 0.3 is 12.2 Å². The molecule has 4 aliphatic rings. The number of aromatic nitrogens is 4. The summed E-state index contributed by atoms with van der Waals surface area (Å²) in [5.74, 6) is -1.04. The van der Waals surface area contributed by atoms with E-state index in [1.165, 1.54) is 13.1 Å². The second-order valence-electron chi connectivity index (χ2n) is 12.0. The van der Waals surface area contributed by atoms with Gasteiger partial charge in [-0.25, -0.2) is 13.8 Å². The van der Waals surface area contributed by atoms with E-state index in [4.69, 9.17) is 10.5 Å². The zero-order valence-corrected chi connectivity index (χ0v) is 24.1. The highest BCUT2D eigenvalue weighted by Gasteiger charge is 2.49. The Bertz CT molecular complexity index is 1630. The predicted molar refractivity (Wildman–Crippen MR) is 150 cm³/mol. The van der Waals surface area contributed by atoms with Gasteiger partial charge in [0.25, 0.3) is 0 Å². The van der Waals surface area contributed by atoms with Crippen molar-refractivity contribution in [3.05, 3.63) is 29.2 Å². The Morgan fingerprint density at radius 2 is 1.88 bits per heavy atom. The van der Waals surface area contributed by atoms with E-state index in [9.17, 15) is 21.8 Å². The van der Waals surface area contributed by atoms with Crippen LogP contribution in [-0.4, -0.2) is 84.0 Å². The summed E-state index contributed by atoms with van der Waals surface area (Å²) in [5, 5.41) is 0.0232. The molecule has 9 nitrogen and oxygen atoms in total. The second-order valence-corrected chi connectivity index (χ2v) is 14.0. The van der Waals surface area contributed by atoms with Crippen LogP contribution in [0.4, 0.5) is 33.6 Å². The van der Waals surface area contributed by atoms with Crippen molar-refractivity contribution in [1.29, 1.82) is 0 Å². The summed E-state index contributed by atoms with van der Waals surface area (Å²) >= 11 is 0. The lowest BCUT2D eigenvalue weighted by molar-refractivity contribution is -0.137. The fourth-order valence-corrected chi connectivity index (χ4v) is 9.25. The molecule has 3 aromatic rings. The van der Waals surface area contributed by atoms with Gasteiger partial charge in [-0.3, -0.25) is 14.1 Å². The number of hydrogen-bond donors (Lipinski definition) is 1. The van der Waals surface area contributed by atoms with Crippen LogP contribution in [0.25, 0.3) is 22.3 Å². The minimum atomic E-state index is -4.85. The molecule has 15 heteroatoms. The lowest BCUT2D eigenvalue weighted by Crippen LogP contribution is -2.45. The van der Waals surface area contributed by atoms with E-state index in [2.05, 4.69) is 24.8 Å². The number of nitrogen functional groups attached to an aromatic ring is 1. The topological polar surface area (TPSA) is 110 Å². The number of ether oxygens (including phenoxy) is 1. The van der Waals surface area contributed by atoms with Gasteiger partial charge in [0.15, 0.2) is 5.82 Å². The summed E-state index contributed by atoms with van der Waals surface area (Å²) in [7, 11) is -0.987. The Hall–Kier alpha value is -3.20. The molecule has 2 unspecified atom stereocenters. The minimum Gasteiger partial charge on any atom is -0.461 e. The van der Waals surface area contributed by atoms with Crippen molar-refractivity contribution in [2.45, 2.75) is 67.4 Å². The number of pyridine rings is 2. The first-order chi connectivity index (χ1) is 20.4. The van der Waals surface area contributed by atoms with Crippen LogP contribution in [0.15, 0.2) is 12.3 Å². The van der Waals surface area contributed by atoms with E-state index in [0.717, 1.165) is 38.3 Å². The standard InChI is InChI=1S/C28H30F5N7O2S/c1-14-7-19(34)36-23(20(14)28(31,32)33)24-21(30)22-18(9-35-24)25(39-11-16-3-4-17(12-39)43(16)41)38-26(37-22)42-13-27-5-2-6-40(27)10-15(29)8-27/h7,9,15-17H,2-6,8,10-13H2,1H3,(H2,34,36)/t15-,16?,17?,27+,43?/m1/s1. The first kappa shape index (κ1) is 28.6. The largest absolute Gasteiger partial charge is 0.461 e. The van der Waals surface area contributed by atoms with Gasteiger partial charge in [0.05, 0.1) is 27.0 Å². The highest BCUT2D eigenvalue weighted by Crippen LogP contribution is 2.43. The first-order valence-corrected chi connectivity index (χ1v) is 15.6. The molecule has 43 heavy (non-hydrogen) atoms. The Kier molecular flexibility index (Phi) is 6.76. The number of rotatable bonds is 5. The monoisotopic (exact) mass is 623 g/mol. The van der Waals surface area contributed by atoms with E-state index in [1.54, 1.807) is 0 Å². The zero-order valence-electron chi connectivity index (χ0n) is 23.3. The zero-order chi connectivity index (χ0) is 30.3. The van der Waals surface area contributed by atoms with Gasteiger partial charge in [-0.05, 0) is 50.8 Å². The van der Waals surface area contributed by atoms with Gasteiger partial charge < -0.3 is 15.4 Å². The first-order valence-electron chi connectivity index (χ1n) is 14.3. The van der Waals surface area contributed by atoms with Gasteiger partial charge in [-0.1, -0.05) is 0 Å². The maximum absolute atomic E-state index is 16.4. The summed E-state index contributed by atoms with van der Waals surface area (Å²) in [6.07, 6.45) is -1.07. The quantitative estimate of drug-likeness (QED) is 0.419. The second kappa shape index (κ2) is 10.2. The molecule has 0 aromatic carbocycles. The Morgan fingerprint density at radius 3 is 2.60 bits per heavy atom. The number of alkyl halides is 4. The van der Waals surface area contributed by atoms with Gasteiger partial charge in [-0.15, -0.1) is 0 Å². The minimum absolute atomic E-state index is 0.0788. The van der Waals surface area contributed by atoms with Gasteiger partial charge in [-0.2, -0.15) is 23.1 Å². The number of hydrogen-bond acceptors (Lipinski definition) is 9. The summed E-state index contributed by atoms with van der Waals surface area (Å²) in [6, 6.07) is 0.900. The fourth-order valence-electron chi connectivity index (χ4n) is 7.31. The smallest absolute Gasteiger partial charge is 0.418 e. The molecular formula is C28H30F5N7O2S. The van der Waals surface area contributed by atoms with Crippen molar-refractivity contribution in [2.24, 2.45) is 0 Å². The molecule has 4 saturated heterocycles. The van der Waals surface area contributed by atoms with Crippen LogP contribution in [0.1, 0.15) is 43.2 Å².